The molecule has 1 amide bonds. The third-order valence-corrected chi connectivity index (χ3v) is 7.20. The van der Waals surface area contributed by atoms with Gasteiger partial charge in [-0.25, -0.2) is 0 Å². The number of aliphatic hydroxyl groups excluding tert-OH is 1. The average molecular weight is 394 g/mol. The Hall–Kier alpha value is -2.11. The van der Waals surface area contributed by atoms with E-state index < -0.39 is 0 Å². The maximum Gasteiger partial charge on any atom is 0.228 e. The molecular weight excluding hydrogens is 362 g/mol. The lowest BCUT2D eigenvalue weighted by Crippen LogP contribution is -2.48. The predicted octanol–water partition coefficient (Wildman–Crippen LogP) is 2.81. The van der Waals surface area contributed by atoms with Gasteiger partial charge in [0.05, 0.1) is 18.6 Å². The lowest BCUT2D eigenvalue weighted by molar-refractivity contribution is -0.125. The van der Waals surface area contributed by atoms with Crippen LogP contribution in [0.1, 0.15) is 48.9 Å². The summed E-state index contributed by atoms with van der Waals surface area (Å²) in [5.74, 6) is 0.557. The Bertz CT molecular complexity index is 997. The molecule has 1 aromatic heterocycles. The molecule has 29 heavy (non-hydrogen) atoms. The second kappa shape index (κ2) is 6.99. The van der Waals surface area contributed by atoms with Crippen LogP contribution in [0.3, 0.4) is 0 Å². The van der Waals surface area contributed by atoms with Crippen molar-refractivity contribution < 1.29 is 9.90 Å². The van der Waals surface area contributed by atoms with Gasteiger partial charge in [-0.1, -0.05) is 25.1 Å². The highest BCUT2D eigenvalue weighted by molar-refractivity contribution is 6.00. The highest BCUT2D eigenvalue weighted by atomic mass is 16.3. The smallest absolute Gasteiger partial charge is 0.228 e. The molecule has 5 nitrogen and oxygen atoms in total. The van der Waals surface area contributed by atoms with E-state index in [0.29, 0.717) is 6.04 Å². The number of fused-ring (bicyclic) bond motifs is 2. The molecule has 2 aromatic rings. The van der Waals surface area contributed by atoms with Crippen LogP contribution in [0.5, 0.6) is 0 Å². The number of nitrogens with one attached hydrogen (secondary N) is 1. The SMILES string of the molecule is CCC(CO)NC(=O)C1C=C2c3cccc4c3c(c(C3CC3)n4C)CC2N(C)C1. The maximum absolute atomic E-state index is 12.9. The highest BCUT2D eigenvalue weighted by Gasteiger charge is 2.39. The van der Waals surface area contributed by atoms with Crippen molar-refractivity contribution in [2.24, 2.45) is 13.0 Å². The molecule has 2 aliphatic carbocycles. The van der Waals surface area contributed by atoms with Crippen LogP contribution < -0.4 is 5.32 Å². The summed E-state index contributed by atoms with van der Waals surface area (Å²) in [6.07, 6.45) is 6.58. The van der Waals surface area contributed by atoms with E-state index in [1.165, 1.54) is 46.1 Å². The van der Waals surface area contributed by atoms with Gasteiger partial charge in [0.1, 0.15) is 0 Å². The summed E-state index contributed by atoms with van der Waals surface area (Å²) >= 11 is 0. The number of hydrogen-bond donors (Lipinski definition) is 2. The Kier molecular flexibility index (Phi) is 4.56. The number of nitrogens with zero attached hydrogens (tertiary/aromatic N) is 2. The lowest BCUT2D eigenvalue weighted by Gasteiger charge is -2.40. The molecule has 5 heteroatoms. The van der Waals surface area contributed by atoms with E-state index in [9.17, 15) is 9.90 Å². The summed E-state index contributed by atoms with van der Waals surface area (Å²) in [7, 11) is 4.36. The molecule has 1 aliphatic heterocycles. The Morgan fingerprint density at radius 2 is 2.10 bits per heavy atom. The summed E-state index contributed by atoms with van der Waals surface area (Å²) in [5.41, 5.74) is 6.98. The van der Waals surface area contributed by atoms with Crippen LogP contribution in [0.25, 0.3) is 16.5 Å². The van der Waals surface area contributed by atoms with E-state index >= 15 is 0 Å². The van der Waals surface area contributed by atoms with Crippen molar-refractivity contribution in [2.45, 2.75) is 50.6 Å². The monoisotopic (exact) mass is 393 g/mol. The number of aryl methyl sites for hydroxylation is 1. The molecule has 3 unspecified atom stereocenters. The standard InChI is InChI=1S/C24H31N3O2/c1-4-16(13-28)25-24(29)15-10-18-17-6-5-7-20-22(17)19(11-21(18)26(2)12-15)23(27(20)3)14-8-9-14/h5-7,10,14-16,21,28H,4,8-9,11-13H2,1-3H3,(H,25,29). The first-order chi connectivity index (χ1) is 14.0. The van der Waals surface area contributed by atoms with Gasteiger partial charge >= 0.3 is 0 Å². The molecule has 3 aliphatic rings. The van der Waals surface area contributed by atoms with Crippen LogP contribution in [0.2, 0.25) is 0 Å². The Morgan fingerprint density at radius 1 is 1.31 bits per heavy atom. The minimum Gasteiger partial charge on any atom is -0.394 e. The van der Waals surface area contributed by atoms with Crippen molar-refractivity contribution in [3.05, 3.63) is 41.1 Å². The van der Waals surface area contributed by atoms with Crippen molar-refractivity contribution in [3.63, 3.8) is 0 Å². The minimum absolute atomic E-state index is 0.0133. The zero-order chi connectivity index (χ0) is 20.3. The number of likely N-dealkylation sites (N-methyl/N-ethyl adjacent to an activating group) is 1. The Labute approximate surface area is 172 Å². The highest BCUT2D eigenvalue weighted by Crippen LogP contribution is 2.49. The molecule has 1 fully saturated rings. The molecule has 0 radical (unpaired) electrons. The van der Waals surface area contributed by atoms with Gasteiger partial charge in [0.2, 0.25) is 5.91 Å². The average Bonchev–Trinajstić information content (AvgIpc) is 3.52. The molecule has 0 bridgehead atoms. The fourth-order valence-electron chi connectivity index (χ4n) is 5.45. The summed E-state index contributed by atoms with van der Waals surface area (Å²) in [6.45, 7) is 2.69. The normalized spacial score (nSPS) is 24.9. The predicted molar refractivity (Wildman–Crippen MR) is 116 cm³/mol. The number of aliphatic hydroxyl groups is 1. The van der Waals surface area contributed by atoms with Gasteiger partial charge in [-0.05, 0) is 61.4 Å². The third kappa shape index (κ3) is 2.94. The van der Waals surface area contributed by atoms with Gasteiger partial charge in [-0.15, -0.1) is 0 Å². The summed E-state index contributed by atoms with van der Waals surface area (Å²) in [4.78, 5) is 15.2. The van der Waals surface area contributed by atoms with Crippen LogP contribution in [0.15, 0.2) is 24.3 Å². The van der Waals surface area contributed by atoms with Gasteiger partial charge in [0, 0.05) is 36.2 Å². The van der Waals surface area contributed by atoms with Crippen LogP contribution in [-0.2, 0) is 18.3 Å². The third-order valence-electron chi connectivity index (χ3n) is 7.20. The van der Waals surface area contributed by atoms with E-state index in [-0.39, 0.29) is 24.5 Å². The van der Waals surface area contributed by atoms with Crippen molar-refractivity contribution in [2.75, 3.05) is 20.2 Å². The summed E-state index contributed by atoms with van der Waals surface area (Å²) in [6, 6.07) is 6.79. The second-order valence-electron chi connectivity index (χ2n) is 9.08. The van der Waals surface area contributed by atoms with Crippen molar-refractivity contribution in [1.82, 2.24) is 14.8 Å². The molecule has 3 atom stereocenters. The molecule has 1 aromatic carbocycles. The Balaban J connectivity index is 1.58. The molecule has 1 saturated carbocycles. The number of hydrogen-bond acceptors (Lipinski definition) is 3. The van der Waals surface area contributed by atoms with Gasteiger partial charge in [-0.2, -0.15) is 0 Å². The zero-order valence-electron chi connectivity index (χ0n) is 17.6. The van der Waals surface area contributed by atoms with Gasteiger partial charge in [0.15, 0.2) is 0 Å². The van der Waals surface area contributed by atoms with E-state index in [0.717, 1.165) is 25.3 Å². The molecule has 2 N–H and O–H groups in total. The molecule has 154 valence electrons. The number of rotatable bonds is 5. The number of carbonyl (C=O) groups is 1. The lowest BCUT2D eigenvalue weighted by atomic mass is 9.79. The van der Waals surface area contributed by atoms with E-state index in [1.807, 2.05) is 6.92 Å². The Morgan fingerprint density at radius 3 is 2.79 bits per heavy atom. The van der Waals surface area contributed by atoms with E-state index in [1.54, 1.807) is 0 Å². The van der Waals surface area contributed by atoms with Crippen LogP contribution in [0.4, 0.5) is 0 Å². The fraction of sp³-hybridized carbons (Fsp3) is 0.542. The van der Waals surface area contributed by atoms with Crippen molar-refractivity contribution in [3.8, 4) is 0 Å². The number of carbonyl (C=O) groups excluding carboxylic acids is 1. The largest absolute Gasteiger partial charge is 0.394 e. The number of benzene rings is 1. The van der Waals surface area contributed by atoms with Crippen molar-refractivity contribution in [1.29, 1.82) is 0 Å². The molecule has 0 spiro atoms. The maximum atomic E-state index is 12.9. The number of amides is 1. The molecule has 0 saturated heterocycles. The first-order valence-electron chi connectivity index (χ1n) is 11.0. The first kappa shape index (κ1) is 18.9. The molecule has 2 heterocycles. The first-order valence-corrected chi connectivity index (χ1v) is 11.0. The van der Waals surface area contributed by atoms with Crippen LogP contribution in [-0.4, -0.2) is 52.8 Å². The van der Waals surface area contributed by atoms with Crippen LogP contribution in [0, 0.1) is 5.92 Å². The van der Waals surface area contributed by atoms with E-state index in [4.69, 9.17) is 0 Å². The topological polar surface area (TPSA) is 57.5 Å². The van der Waals surface area contributed by atoms with Crippen molar-refractivity contribution >= 4 is 22.4 Å². The van der Waals surface area contributed by atoms with E-state index in [2.05, 4.69) is 53.2 Å². The number of aromatic nitrogens is 1. The minimum atomic E-state index is -0.185. The van der Waals surface area contributed by atoms with Gasteiger partial charge in [-0.3, -0.25) is 9.69 Å². The van der Waals surface area contributed by atoms with Gasteiger partial charge < -0.3 is 15.0 Å². The van der Waals surface area contributed by atoms with Crippen LogP contribution >= 0.6 is 0 Å². The molecule has 5 rings (SSSR count). The quantitative estimate of drug-likeness (QED) is 0.821. The van der Waals surface area contributed by atoms with Gasteiger partial charge in [0.25, 0.3) is 0 Å². The summed E-state index contributed by atoms with van der Waals surface area (Å²) < 4.78 is 2.42. The second-order valence-corrected chi connectivity index (χ2v) is 9.08. The zero-order valence-corrected chi connectivity index (χ0v) is 17.6. The molecular formula is C24H31N3O2. The fourth-order valence-corrected chi connectivity index (χ4v) is 5.45. The summed E-state index contributed by atoms with van der Waals surface area (Å²) in [5, 5.41) is 13.9.